The first kappa shape index (κ1) is 11.5. The Bertz CT molecular complexity index is 83.9. The van der Waals surface area contributed by atoms with Crippen molar-refractivity contribution in [1.82, 2.24) is 0 Å². The molecule has 0 saturated carbocycles. The van der Waals surface area contributed by atoms with Gasteiger partial charge in [-0.15, -0.1) is 12.4 Å². The molecule has 0 bridgehead atoms. The quantitative estimate of drug-likeness (QED) is 0.570. The van der Waals surface area contributed by atoms with Crippen molar-refractivity contribution in [2.75, 3.05) is 0 Å². The molecule has 0 aliphatic rings. The molecule has 9 heavy (non-hydrogen) atoms. The lowest BCUT2D eigenvalue weighted by Gasteiger charge is -2.03. The van der Waals surface area contributed by atoms with Crippen molar-refractivity contribution in [2.24, 2.45) is 5.90 Å². The standard InChI is InChI=1S/C4H9NO3.ClH/c1-2-3(8-5)4(6)7;/h3H,2,5H2,1H3,(H,6,7);1H. The summed E-state index contributed by atoms with van der Waals surface area (Å²) < 4.78 is 0. The maximum Gasteiger partial charge on any atom is 0.334 e. The van der Waals surface area contributed by atoms with Crippen LogP contribution in [0.5, 0.6) is 0 Å². The average Bonchev–Trinajstić information content (AvgIpc) is 1.69. The van der Waals surface area contributed by atoms with E-state index in [0.717, 1.165) is 0 Å². The van der Waals surface area contributed by atoms with Crippen LogP contribution in [0, 0.1) is 0 Å². The second-order valence-corrected chi connectivity index (χ2v) is 1.37. The van der Waals surface area contributed by atoms with Crippen molar-refractivity contribution in [3.63, 3.8) is 0 Å². The van der Waals surface area contributed by atoms with Crippen molar-refractivity contribution >= 4 is 18.4 Å². The Morgan fingerprint density at radius 2 is 2.33 bits per heavy atom. The smallest absolute Gasteiger partial charge is 0.334 e. The highest BCUT2D eigenvalue weighted by atomic mass is 35.5. The number of hydrogen-bond donors (Lipinski definition) is 2. The zero-order valence-corrected chi connectivity index (χ0v) is 5.85. The van der Waals surface area contributed by atoms with Gasteiger partial charge in [-0.05, 0) is 6.42 Å². The monoisotopic (exact) mass is 155 g/mol. The van der Waals surface area contributed by atoms with Crippen LogP contribution in [0.15, 0.2) is 0 Å². The van der Waals surface area contributed by atoms with E-state index in [1.807, 2.05) is 0 Å². The van der Waals surface area contributed by atoms with E-state index in [9.17, 15) is 4.79 Å². The lowest BCUT2D eigenvalue weighted by atomic mass is 10.3. The minimum Gasteiger partial charge on any atom is -0.479 e. The highest BCUT2D eigenvalue weighted by Crippen LogP contribution is 1.91. The lowest BCUT2D eigenvalue weighted by Crippen LogP contribution is -2.25. The summed E-state index contributed by atoms with van der Waals surface area (Å²) in [6, 6.07) is 0. The number of carboxylic acid groups (broad SMARTS) is 1. The summed E-state index contributed by atoms with van der Waals surface area (Å²) >= 11 is 0. The SMILES string of the molecule is CCC(ON)C(=O)O.Cl. The Morgan fingerprint density at radius 1 is 1.89 bits per heavy atom. The molecule has 0 aromatic heterocycles. The molecule has 3 N–H and O–H groups in total. The summed E-state index contributed by atoms with van der Waals surface area (Å²) in [6.07, 6.45) is -0.457. The Kier molecular flexibility index (Phi) is 7.41. The van der Waals surface area contributed by atoms with Crippen molar-refractivity contribution in [1.29, 1.82) is 0 Å². The molecule has 1 unspecified atom stereocenters. The summed E-state index contributed by atoms with van der Waals surface area (Å²) in [6.45, 7) is 1.69. The van der Waals surface area contributed by atoms with Crippen LogP contribution in [0.2, 0.25) is 0 Å². The van der Waals surface area contributed by atoms with Gasteiger partial charge in [-0.3, -0.25) is 4.84 Å². The van der Waals surface area contributed by atoms with Crippen molar-refractivity contribution in [2.45, 2.75) is 19.4 Å². The summed E-state index contributed by atoms with van der Waals surface area (Å²) in [5, 5.41) is 8.17. The van der Waals surface area contributed by atoms with Gasteiger partial charge < -0.3 is 5.11 Å². The van der Waals surface area contributed by atoms with Crippen LogP contribution in [0.3, 0.4) is 0 Å². The molecule has 0 fully saturated rings. The summed E-state index contributed by atoms with van der Waals surface area (Å²) in [7, 11) is 0. The van der Waals surface area contributed by atoms with Crippen LogP contribution in [-0.2, 0) is 9.63 Å². The summed E-state index contributed by atoms with van der Waals surface area (Å²) in [4.78, 5) is 14.0. The minimum atomic E-state index is -1.02. The zero-order chi connectivity index (χ0) is 6.57. The number of hydrogen-bond acceptors (Lipinski definition) is 3. The van der Waals surface area contributed by atoms with Crippen LogP contribution in [-0.4, -0.2) is 17.2 Å². The Labute approximate surface area is 59.4 Å². The topological polar surface area (TPSA) is 72.5 Å². The average molecular weight is 156 g/mol. The zero-order valence-electron chi connectivity index (χ0n) is 5.03. The van der Waals surface area contributed by atoms with E-state index in [1.54, 1.807) is 6.92 Å². The Hall–Kier alpha value is -0.320. The highest BCUT2D eigenvalue weighted by Gasteiger charge is 2.12. The largest absolute Gasteiger partial charge is 0.479 e. The molecule has 0 aromatic carbocycles. The van der Waals surface area contributed by atoms with Gasteiger partial charge in [0.2, 0.25) is 0 Å². The van der Waals surface area contributed by atoms with E-state index in [2.05, 4.69) is 10.7 Å². The molecule has 4 nitrogen and oxygen atoms in total. The number of rotatable bonds is 3. The molecule has 0 heterocycles. The minimum absolute atomic E-state index is 0. The predicted octanol–water partition coefficient (Wildman–Crippen LogP) is 0.162. The Balaban J connectivity index is 0. The maximum absolute atomic E-state index is 9.96. The van der Waals surface area contributed by atoms with Gasteiger partial charge in [0.05, 0.1) is 0 Å². The van der Waals surface area contributed by atoms with E-state index in [0.29, 0.717) is 6.42 Å². The molecule has 0 aliphatic heterocycles. The number of carboxylic acids is 1. The number of carbonyl (C=O) groups is 1. The van der Waals surface area contributed by atoms with E-state index in [4.69, 9.17) is 5.11 Å². The fourth-order valence-electron chi connectivity index (χ4n) is 0.329. The molecule has 0 saturated heterocycles. The molecule has 0 spiro atoms. The second-order valence-electron chi connectivity index (χ2n) is 1.37. The van der Waals surface area contributed by atoms with Crippen molar-refractivity contribution < 1.29 is 14.7 Å². The van der Waals surface area contributed by atoms with Gasteiger partial charge in [-0.2, -0.15) is 0 Å². The molecule has 0 aliphatic carbocycles. The summed E-state index contributed by atoms with van der Waals surface area (Å²) in [5.74, 6) is 3.58. The van der Waals surface area contributed by atoms with E-state index in [1.165, 1.54) is 0 Å². The third-order valence-corrected chi connectivity index (χ3v) is 0.810. The molecule has 56 valence electrons. The van der Waals surface area contributed by atoms with Gasteiger partial charge in [0.15, 0.2) is 6.10 Å². The first-order valence-corrected chi connectivity index (χ1v) is 2.30. The van der Waals surface area contributed by atoms with Crippen LogP contribution < -0.4 is 5.90 Å². The van der Waals surface area contributed by atoms with Crippen molar-refractivity contribution in [3.8, 4) is 0 Å². The van der Waals surface area contributed by atoms with E-state index < -0.39 is 12.1 Å². The van der Waals surface area contributed by atoms with Gasteiger partial charge in [0, 0.05) is 0 Å². The first-order valence-electron chi connectivity index (χ1n) is 2.30. The molecular weight excluding hydrogens is 146 g/mol. The molecular formula is C4H10ClNO3. The predicted molar refractivity (Wildman–Crippen MR) is 34.2 cm³/mol. The lowest BCUT2D eigenvalue weighted by molar-refractivity contribution is -0.150. The molecule has 0 aromatic rings. The van der Waals surface area contributed by atoms with Gasteiger partial charge in [0.1, 0.15) is 0 Å². The van der Waals surface area contributed by atoms with Gasteiger partial charge in [-0.1, -0.05) is 6.92 Å². The second kappa shape index (κ2) is 5.81. The first-order chi connectivity index (χ1) is 3.72. The van der Waals surface area contributed by atoms with Gasteiger partial charge in [0.25, 0.3) is 0 Å². The molecule has 0 amide bonds. The fraction of sp³-hybridized carbons (Fsp3) is 0.750. The third-order valence-electron chi connectivity index (χ3n) is 0.810. The van der Waals surface area contributed by atoms with Crippen LogP contribution in [0.4, 0.5) is 0 Å². The van der Waals surface area contributed by atoms with Gasteiger partial charge in [-0.25, -0.2) is 10.7 Å². The van der Waals surface area contributed by atoms with Crippen LogP contribution in [0.1, 0.15) is 13.3 Å². The number of aliphatic carboxylic acids is 1. The van der Waals surface area contributed by atoms with E-state index >= 15 is 0 Å². The normalized spacial score (nSPS) is 11.8. The molecule has 1 atom stereocenters. The van der Waals surface area contributed by atoms with Gasteiger partial charge >= 0.3 is 5.97 Å². The van der Waals surface area contributed by atoms with Crippen LogP contribution in [0.25, 0.3) is 0 Å². The molecule has 0 rings (SSSR count). The Morgan fingerprint density at radius 3 is 2.33 bits per heavy atom. The highest BCUT2D eigenvalue weighted by molar-refractivity contribution is 5.85. The van der Waals surface area contributed by atoms with E-state index in [-0.39, 0.29) is 12.4 Å². The van der Waals surface area contributed by atoms with Crippen LogP contribution >= 0.6 is 12.4 Å². The molecule has 0 radical (unpaired) electrons. The third kappa shape index (κ3) is 4.20. The number of halogens is 1. The summed E-state index contributed by atoms with van der Waals surface area (Å²) in [5.41, 5.74) is 0. The number of nitrogens with two attached hydrogens (primary N) is 1. The molecule has 5 heteroatoms. The fourth-order valence-corrected chi connectivity index (χ4v) is 0.329. The maximum atomic E-state index is 9.96. The van der Waals surface area contributed by atoms with Crippen molar-refractivity contribution in [3.05, 3.63) is 0 Å².